The minimum absolute atomic E-state index is 0.179. The number of nitrogens with two attached hydrogens (primary N) is 1. The van der Waals surface area contributed by atoms with Gasteiger partial charge in [-0.25, -0.2) is 0 Å². The van der Waals surface area contributed by atoms with Crippen molar-refractivity contribution in [2.24, 2.45) is 5.73 Å². The maximum Gasteiger partial charge on any atom is 0.115 e. The van der Waals surface area contributed by atoms with Crippen molar-refractivity contribution in [2.45, 2.75) is 25.0 Å². The maximum absolute atomic E-state index is 10.2. The first-order chi connectivity index (χ1) is 8.59. The van der Waals surface area contributed by atoms with E-state index in [-0.39, 0.29) is 5.75 Å². The predicted octanol–water partition coefficient (Wildman–Crippen LogP) is 1.36. The molecule has 1 aliphatic heterocycles. The lowest BCUT2D eigenvalue weighted by molar-refractivity contribution is 0.146. The monoisotopic (exact) mass is 248 g/mol. The van der Waals surface area contributed by atoms with Gasteiger partial charge < -0.3 is 20.8 Å². The lowest BCUT2D eigenvalue weighted by Gasteiger charge is -2.28. The fourth-order valence-corrected chi connectivity index (χ4v) is 2.28. The highest BCUT2D eigenvalue weighted by atomic mass is 16.3. The first kappa shape index (κ1) is 12.9. The SMILES string of the molecule is C=C([C@@H](N)[C@H](O)c1ccc(O)cc1)N1CCCC1. The van der Waals surface area contributed by atoms with Gasteiger partial charge in [-0.05, 0) is 30.5 Å². The van der Waals surface area contributed by atoms with Crippen molar-refractivity contribution >= 4 is 0 Å². The number of hydrogen-bond donors (Lipinski definition) is 3. The lowest BCUT2D eigenvalue weighted by Crippen LogP contribution is -2.37. The van der Waals surface area contributed by atoms with Crippen LogP contribution < -0.4 is 5.73 Å². The van der Waals surface area contributed by atoms with Gasteiger partial charge in [-0.1, -0.05) is 18.7 Å². The molecule has 1 saturated heterocycles. The van der Waals surface area contributed by atoms with Gasteiger partial charge in [0.25, 0.3) is 0 Å². The number of benzene rings is 1. The van der Waals surface area contributed by atoms with Crippen molar-refractivity contribution in [3.05, 3.63) is 42.1 Å². The Balaban J connectivity index is 2.05. The molecule has 0 spiro atoms. The number of phenols is 1. The summed E-state index contributed by atoms with van der Waals surface area (Å²) < 4.78 is 0. The Bertz CT molecular complexity index is 410. The minimum Gasteiger partial charge on any atom is -0.508 e. The van der Waals surface area contributed by atoms with Crippen LogP contribution >= 0.6 is 0 Å². The van der Waals surface area contributed by atoms with Gasteiger partial charge in [-0.15, -0.1) is 0 Å². The first-order valence-corrected chi connectivity index (χ1v) is 6.26. The second-order valence-corrected chi connectivity index (χ2v) is 4.75. The fourth-order valence-electron chi connectivity index (χ4n) is 2.28. The summed E-state index contributed by atoms with van der Waals surface area (Å²) in [6.45, 7) is 5.93. The molecule has 0 aromatic heterocycles. The van der Waals surface area contributed by atoms with E-state index < -0.39 is 12.1 Å². The van der Waals surface area contributed by atoms with Gasteiger partial charge >= 0.3 is 0 Å². The van der Waals surface area contributed by atoms with Crippen LogP contribution in [0, 0.1) is 0 Å². The second kappa shape index (κ2) is 5.42. The molecule has 0 amide bonds. The number of phenolic OH excluding ortho intramolecular Hbond substituents is 1. The van der Waals surface area contributed by atoms with Gasteiger partial charge in [-0.2, -0.15) is 0 Å². The molecule has 18 heavy (non-hydrogen) atoms. The van der Waals surface area contributed by atoms with E-state index in [0.29, 0.717) is 5.56 Å². The average Bonchev–Trinajstić information content (AvgIpc) is 2.91. The number of aliphatic hydroxyl groups excluding tert-OH is 1. The van der Waals surface area contributed by atoms with Gasteiger partial charge in [0, 0.05) is 18.8 Å². The van der Waals surface area contributed by atoms with Crippen LogP contribution in [0.15, 0.2) is 36.5 Å². The number of aliphatic hydroxyl groups is 1. The Labute approximate surface area is 107 Å². The molecule has 4 nitrogen and oxygen atoms in total. The van der Waals surface area contributed by atoms with E-state index in [9.17, 15) is 10.2 Å². The van der Waals surface area contributed by atoms with E-state index in [2.05, 4.69) is 11.5 Å². The highest BCUT2D eigenvalue weighted by Gasteiger charge is 2.24. The predicted molar refractivity (Wildman–Crippen MR) is 71.0 cm³/mol. The van der Waals surface area contributed by atoms with E-state index in [1.54, 1.807) is 24.3 Å². The van der Waals surface area contributed by atoms with Crippen LogP contribution in [0.1, 0.15) is 24.5 Å². The van der Waals surface area contributed by atoms with Crippen molar-refractivity contribution < 1.29 is 10.2 Å². The lowest BCUT2D eigenvalue weighted by atomic mass is 10.0. The van der Waals surface area contributed by atoms with Crippen molar-refractivity contribution in [1.82, 2.24) is 4.90 Å². The van der Waals surface area contributed by atoms with Gasteiger partial charge in [0.2, 0.25) is 0 Å². The van der Waals surface area contributed by atoms with Crippen LogP contribution in [0.4, 0.5) is 0 Å². The molecule has 0 aliphatic carbocycles. The third-order valence-corrected chi connectivity index (χ3v) is 3.47. The average molecular weight is 248 g/mol. The summed E-state index contributed by atoms with van der Waals surface area (Å²) in [6.07, 6.45) is 1.51. The molecule has 0 unspecified atom stereocenters. The van der Waals surface area contributed by atoms with Crippen LogP contribution in [-0.2, 0) is 0 Å². The molecule has 1 aromatic carbocycles. The summed E-state index contributed by atoms with van der Waals surface area (Å²) in [6, 6.07) is 5.94. The molecule has 1 fully saturated rings. The summed E-state index contributed by atoms with van der Waals surface area (Å²) in [5.74, 6) is 0.179. The Morgan fingerprint density at radius 1 is 1.22 bits per heavy atom. The summed E-state index contributed by atoms with van der Waals surface area (Å²) in [4.78, 5) is 2.13. The quantitative estimate of drug-likeness (QED) is 0.752. The number of rotatable bonds is 4. The van der Waals surface area contributed by atoms with E-state index in [0.717, 1.165) is 31.6 Å². The Kier molecular flexibility index (Phi) is 3.89. The molecule has 1 heterocycles. The molecule has 2 rings (SSSR count). The van der Waals surface area contributed by atoms with E-state index in [1.807, 2.05) is 0 Å². The molecule has 4 heteroatoms. The number of aromatic hydroxyl groups is 1. The number of likely N-dealkylation sites (tertiary alicyclic amines) is 1. The zero-order chi connectivity index (χ0) is 13.1. The standard InChI is InChI=1S/C14H20N2O2/c1-10(16-8-2-3-9-16)13(15)14(18)11-4-6-12(17)7-5-11/h4-7,13-14,17-18H,1-3,8-9,15H2/t13-,14-/m1/s1. The minimum atomic E-state index is -0.793. The molecule has 4 N–H and O–H groups in total. The van der Waals surface area contributed by atoms with Gasteiger partial charge in [0.15, 0.2) is 0 Å². The molecule has 1 aromatic rings. The zero-order valence-electron chi connectivity index (χ0n) is 10.4. The molecule has 2 atom stereocenters. The second-order valence-electron chi connectivity index (χ2n) is 4.75. The molecule has 98 valence electrons. The molecule has 0 bridgehead atoms. The third-order valence-electron chi connectivity index (χ3n) is 3.47. The molecular formula is C14H20N2O2. The smallest absolute Gasteiger partial charge is 0.115 e. The van der Waals surface area contributed by atoms with E-state index in [1.165, 1.54) is 0 Å². The fraction of sp³-hybridized carbons (Fsp3) is 0.429. The number of hydrogen-bond acceptors (Lipinski definition) is 4. The van der Waals surface area contributed by atoms with Crippen molar-refractivity contribution in [2.75, 3.05) is 13.1 Å². The summed E-state index contributed by atoms with van der Waals surface area (Å²) >= 11 is 0. The molecule has 0 radical (unpaired) electrons. The van der Waals surface area contributed by atoms with Gasteiger partial charge in [0.05, 0.1) is 12.1 Å². The van der Waals surface area contributed by atoms with Crippen LogP contribution in [0.25, 0.3) is 0 Å². The summed E-state index contributed by atoms with van der Waals surface area (Å²) in [5, 5.41) is 19.4. The van der Waals surface area contributed by atoms with Crippen LogP contribution in [0.2, 0.25) is 0 Å². The normalized spacial score (nSPS) is 18.7. The van der Waals surface area contributed by atoms with Crippen LogP contribution in [0.5, 0.6) is 5.75 Å². The topological polar surface area (TPSA) is 69.7 Å². The largest absolute Gasteiger partial charge is 0.508 e. The van der Waals surface area contributed by atoms with Crippen molar-refractivity contribution in [3.63, 3.8) is 0 Å². The van der Waals surface area contributed by atoms with Crippen LogP contribution in [-0.4, -0.2) is 34.2 Å². The first-order valence-electron chi connectivity index (χ1n) is 6.26. The van der Waals surface area contributed by atoms with Crippen molar-refractivity contribution in [3.8, 4) is 5.75 Å². The third kappa shape index (κ3) is 2.66. The van der Waals surface area contributed by atoms with Crippen molar-refractivity contribution in [1.29, 1.82) is 0 Å². The highest BCUT2D eigenvalue weighted by Crippen LogP contribution is 2.25. The van der Waals surface area contributed by atoms with E-state index >= 15 is 0 Å². The van der Waals surface area contributed by atoms with E-state index in [4.69, 9.17) is 5.73 Å². The Morgan fingerprint density at radius 3 is 2.33 bits per heavy atom. The molecule has 0 saturated carbocycles. The highest BCUT2D eigenvalue weighted by molar-refractivity contribution is 5.29. The Morgan fingerprint density at radius 2 is 1.78 bits per heavy atom. The van der Waals surface area contributed by atoms with Gasteiger partial charge in [0.1, 0.15) is 5.75 Å². The summed E-state index contributed by atoms with van der Waals surface area (Å²) in [5.41, 5.74) is 7.54. The van der Waals surface area contributed by atoms with Gasteiger partial charge in [-0.3, -0.25) is 0 Å². The number of nitrogens with zero attached hydrogens (tertiary/aromatic N) is 1. The Hall–Kier alpha value is -1.52. The maximum atomic E-state index is 10.2. The summed E-state index contributed by atoms with van der Waals surface area (Å²) in [7, 11) is 0. The molecule has 1 aliphatic rings. The molecular weight excluding hydrogens is 228 g/mol. The zero-order valence-corrected chi connectivity index (χ0v) is 10.4. The van der Waals surface area contributed by atoms with Crippen LogP contribution in [0.3, 0.4) is 0 Å².